The minimum Gasteiger partial charge on any atom is -0.236 e. The van der Waals surface area contributed by atoms with Crippen molar-refractivity contribution in [3.63, 3.8) is 0 Å². The topological polar surface area (TPSA) is 25.8 Å². The third-order valence-corrected chi connectivity index (χ3v) is 2.41. The molecule has 7 heteroatoms. The van der Waals surface area contributed by atoms with Crippen LogP contribution < -0.4 is 0 Å². The van der Waals surface area contributed by atoms with Gasteiger partial charge in [-0.05, 0) is 18.2 Å². The zero-order valence-electron chi connectivity index (χ0n) is 8.67. The fraction of sp³-hybridized carbons (Fsp3) is 0.0909. The largest absolute Gasteiger partial charge is 0.416 e. The van der Waals surface area contributed by atoms with Crippen LogP contribution in [0.4, 0.5) is 17.6 Å². The summed E-state index contributed by atoms with van der Waals surface area (Å²) in [5.74, 6) is -1.01. The van der Waals surface area contributed by atoms with E-state index in [0.29, 0.717) is 6.07 Å². The first kappa shape index (κ1) is 12.8. The van der Waals surface area contributed by atoms with Gasteiger partial charge in [-0.25, -0.2) is 14.4 Å². The average molecular weight is 277 g/mol. The SMILES string of the molecule is Fc1cc(C(F)(F)F)ccc1-c1cc(Cl)ncn1. The van der Waals surface area contributed by atoms with Gasteiger partial charge in [0.1, 0.15) is 17.3 Å². The Balaban J connectivity index is 2.48. The number of rotatable bonds is 1. The van der Waals surface area contributed by atoms with E-state index in [2.05, 4.69) is 9.97 Å². The van der Waals surface area contributed by atoms with Crippen molar-refractivity contribution < 1.29 is 17.6 Å². The quantitative estimate of drug-likeness (QED) is 0.582. The third-order valence-electron chi connectivity index (χ3n) is 2.21. The molecule has 1 aromatic heterocycles. The summed E-state index contributed by atoms with van der Waals surface area (Å²) in [5, 5.41) is 0.0827. The Kier molecular flexibility index (Phi) is 3.21. The molecule has 0 fully saturated rings. The molecule has 0 atom stereocenters. The van der Waals surface area contributed by atoms with Gasteiger partial charge in [-0.2, -0.15) is 13.2 Å². The smallest absolute Gasteiger partial charge is 0.236 e. The van der Waals surface area contributed by atoms with Crippen LogP contribution in [0.2, 0.25) is 5.15 Å². The van der Waals surface area contributed by atoms with Crippen molar-refractivity contribution in [3.05, 3.63) is 47.1 Å². The minimum absolute atomic E-state index is 0.0627. The molecule has 94 valence electrons. The van der Waals surface area contributed by atoms with E-state index < -0.39 is 17.6 Å². The number of nitrogens with zero attached hydrogens (tertiary/aromatic N) is 2. The van der Waals surface area contributed by atoms with Crippen molar-refractivity contribution in [2.45, 2.75) is 6.18 Å². The monoisotopic (exact) mass is 276 g/mol. The summed E-state index contributed by atoms with van der Waals surface area (Å²) >= 11 is 5.60. The lowest BCUT2D eigenvalue weighted by Gasteiger charge is -2.08. The highest BCUT2D eigenvalue weighted by Gasteiger charge is 2.31. The molecule has 0 aliphatic carbocycles. The molecule has 0 N–H and O–H groups in total. The van der Waals surface area contributed by atoms with Gasteiger partial charge in [0.05, 0.1) is 11.3 Å². The lowest BCUT2D eigenvalue weighted by atomic mass is 10.1. The zero-order valence-corrected chi connectivity index (χ0v) is 9.43. The van der Waals surface area contributed by atoms with E-state index >= 15 is 0 Å². The van der Waals surface area contributed by atoms with Crippen LogP contribution in [0, 0.1) is 5.82 Å². The van der Waals surface area contributed by atoms with Crippen molar-refractivity contribution in [2.24, 2.45) is 0 Å². The van der Waals surface area contributed by atoms with Gasteiger partial charge in [0.25, 0.3) is 0 Å². The van der Waals surface area contributed by atoms with Crippen LogP contribution in [0.15, 0.2) is 30.6 Å². The van der Waals surface area contributed by atoms with Gasteiger partial charge in [-0.3, -0.25) is 0 Å². The van der Waals surface area contributed by atoms with Crippen LogP contribution in [-0.2, 0) is 6.18 Å². The summed E-state index contributed by atoms with van der Waals surface area (Å²) < 4.78 is 50.7. The van der Waals surface area contributed by atoms with Crippen LogP contribution in [-0.4, -0.2) is 9.97 Å². The van der Waals surface area contributed by atoms with Gasteiger partial charge in [-0.15, -0.1) is 0 Å². The molecule has 2 rings (SSSR count). The maximum absolute atomic E-state index is 13.6. The van der Waals surface area contributed by atoms with Gasteiger partial charge in [0.15, 0.2) is 0 Å². The zero-order chi connectivity index (χ0) is 13.3. The highest BCUT2D eigenvalue weighted by atomic mass is 35.5. The summed E-state index contributed by atoms with van der Waals surface area (Å²) in [6.45, 7) is 0. The molecule has 0 saturated heterocycles. The summed E-state index contributed by atoms with van der Waals surface area (Å²) in [5.41, 5.74) is -0.988. The molecule has 0 radical (unpaired) electrons. The summed E-state index contributed by atoms with van der Waals surface area (Å²) in [6, 6.07) is 3.49. The second kappa shape index (κ2) is 4.53. The Bertz CT molecular complexity index is 583. The number of hydrogen-bond donors (Lipinski definition) is 0. The summed E-state index contributed by atoms with van der Waals surface area (Å²) in [4.78, 5) is 7.35. The van der Waals surface area contributed by atoms with E-state index in [4.69, 9.17) is 11.6 Å². The van der Waals surface area contributed by atoms with E-state index in [1.54, 1.807) is 0 Å². The molecule has 2 aromatic rings. The van der Waals surface area contributed by atoms with Crippen LogP contribution >= 0.6 is 11.6 Å². The van der Waals surface area contributed by atoms with E-state index in [1.807, 2.05) is 0 Å². The first-order valence-corrected chi connectivity index (χ1v) is 5.10. The molecular formula is C11H5ClF4N2. The Morgan fingerprint density at radius 2 is 1.78 bits per heavy atom. The number of alkyl halides is 3. The molecule has 0 unspecified atom stereocenters. The third kappa shape index (κ3) is 2.59. The Morgan fingerprint density at radius 3 is 2.33 bits per heavy atom. The van der Waals surface area contributed by atoms with Crippen LogP contribution in [0.25, 0.3) is 11.3 Å². The van der Waals surface area contributed by atoms with Gasteiger partial charge >= 0.3 is 6.18 Å². The molecule has 0 aliphatic rings. The van der Waals surface area contributed by atoms with Crippen LogP contribution in [0.5, 0.6) is 0 Å². The van der Waals surface area contributed by atoms with E-state index in [9.17, 15) is 17.6 Å². The molecule has 0 saturated carbocycles. The second-order valence-corrected chi connectivity index (χ2v) is 3.81. The maximum atomic E-state index is 13.6. The standard InChI is InChI=1S/C11H5ClF4N2/c12-10-4-9(17-5-18-10)7-2-1-6(3-8(7)13)11(14,15)16/h1-5H. The predicted molar refractivity (Wildman–Crippen MR) is 57.4 cm³/mol. The van der Waals surface area contributed by atoms with Gasteiger partial charge in [0.2, 0.25) is 0 Å². The molecule has 0 bridgehead atoms. The van der Waals surface area contributed by atoms with Crippen molar-refractivity contribution in [2.75, 3.05) is 0 Å². The molecule has 0 amide bonds. The van der Waals surface area contributed by atoms with Crippen LogP contribution in [0.3, 0.4) is 0 Å². The first-order chi connectivity index (χ1) is 8.38. The number of aromatic nitrogens is 2. The summed E-state index contributed by atoms with van der Waals surface area (Å²) in [7, 11) is 0. The molecule has 1 aromatic carbocycles. The lowest BCUT2D eigenvalue weighted by molar-refractivity contribution is -0.137. The van der Waals surface area contributed by atoms with Crippen LogP contribution in [0.1, 0.15) is 5.56 Å². The fourth-order valence-electron chi connectivity index (χ4n) is 1.38. The van der Waals surface area contributed by atoms with Crippen molar-refractivity contribution in [1.29, 1.82) is 0 Å². The molecular weight excluding hydrogens is 272 g/mol. The number of hydrogen-bond acceptors (Lipinski definition) is 2. The predicted octanol–water partition coefficient (Wildman–Crippen LogP) is 3.95. The molecule has 18 heavy (non-hydrogen) atoms. The minimum atomic E-state index is -4.58. The average Bonchev–Trinajstić information content (AvgIpc) is 2.27. The number of benzene rings is 1. The van der Waals surface area contributed by atoms with E-state index in [0.717, 1.165) is 18.5 Å². The highest BCUT2D eigenvalue weighted by molar-refractivity contribution is 6.29. The molecule has 1 heterocycles. The summed E-state index contributed by atoms with van der Waals surface area (Å²) in [6.07, 6.45) is -3.47. The molecule has 2 nitrogen and oxygen atoms in total. The fourth-order valence-corrected chi connectivity index (χ4v) is 1.53. The van der Waals surface area contributed by atoms with E-state index in [1.165, 1.54) is 6.07 Å². The van der Waals surface area contributed by atoms with Gasteiger partial charge in [-0.1, -0.05) is 11.6 Å². The first-order valence-electron chi connectivity index (χ1n) is 4.72. The van der Waals surface area contributed by atoms with Crippen molar-refractivity contribution in [3.8, 4) is 11.3 Å². The normalized spacial score (nSPS) is 11.6. The van der Waals surface area contributed by atoms with Crippen molar-refractivity contribution in [1.82, 2.24) is 9.97 Å². The van der Waals surface area contributed by atoms with Crippen molar-refractivity contribution >= 4 is 11.6 Å². The maximum Gasteiger partial charge on any atom is 0.416 e. The highest BCUT2D eigenvalue weighted by Crippen LogP contribution is 2.32. The molecule has 0 spiro atoms. The van der Waals surface area contributed by atoms with Gasteiger partial charge < -0.3 is 0 Å². The Morgan fingerprint density at radius 1 is 1.06 bits per heavy atom. The lowest BCUT2D eigenvalue weighted by Crippen LogP contribution is -2.05. The Hall–Kier alpha value is -1.69. The van der Waals surface area contributed by atoms with Gasteiger partial charge in [0, 0.05) is 11.6 Å². The second-order valence-electron chi connectivity index (χ2n) is 3.42. The Labute approximate surface area is 104 Å². The number of halogens is 5. The van der Waals surface area contributed by atoms with E-state index in [-0.39, 0.29) is 16.4 Å². The molecule has 0 aliphatic heterocycles.